The standard InChI is InChI=1S/C7H17NO/c1-6(2)9-7(3)8(4)5/h6-7H,1-5H3. The molecule has 1 atom stereocenters. The van der Waals surface area contributed by atoms with Gasteiger partial charge in [0.05, 0.1) is 6.10 Å². The van der Waals surface area contributed by atoms with E-state index in [1.165, 1.54) is 0 Å². The highest BCUT2D eigenvalue weighted by molar-refractivity contribution is 4.46. The van der Waals surface area contributed by atoms with Crippen LogP contribution in [0.1, 0.15) is 20.8 Å². The third-order valence-corrected chi connectivity index (χ3v) is 1.20. The highest BCUT2D eigenvalue weighted by Crippen LogP contribution is 1.98. The van der Waals surface area contributed by atoms with Gasteiger partial charge >= 0.3 is 0 Å². The highest BCUT2D eigenvalue weighted by atomic mass is 16.5. The lowest BCUT2D eigenvalue weighted by atomic mass is 10.4. The summed E-state index contributed by atoms with van der Waals surface area (Å²) in [4.78, 5) is 2.04. The lowest BCUT2D eigenvalue weighted by Crippen LogP contribution is -2.29. The molecule has 0 aromatic carbocycles. The largest absolute Gasteiger partial charge is 0.361 e. The number of hydrogen-bond acceptors (Lipinski definition) is 2. The maximum absolute atomic E-state index is 5.44. The van der Waals surface area contributed by atoms with Crippen molar-refractivity contribution in [3.63, 3.8) is 0 Å². The van der Waals surface area contributed by atoms with E-state index >= 15 is 0 Å². The van der Waals surface area contributed by atoms with Crippen LogP contribution in [-0.2, 0) is 4.74 Å². The number of hydrogen-bond donors (Lipinski definition) is 0. The van der Waals surface area contributed by atoms with E-state index in [0.29, 0.717) is 6.10 Å². The Morgan fingerprint density at radius 3 is 1.67 bits per heavy atom. The van der Waals surface area contributed by atoms with E-state index in [9.17, 15) is 0 Å². The average Bonchev–Trinajstić information content (AvgIpc) is 1.63. The van der Waals surface area contributed by atoms with Gasteiger partial charge in [0, 0.05) is 0 Å². The lowest BCUT2D eigenvalue weighted by Gasteiger charge is -2.22. The monoisotopic (exact) mass is 131 g/mol. The summed E-state index contributed by atoms with van der Waals surface area (Å²) >= 11 is 0. The van der Waals surface area contributed by atoms with E-state index < -0.39 is 0 Å². The Hall–Kier alpha value is -0.0800. The number of nitrogens with zero attached hydrogens (tertiary/aromatic N) is 1. The SMILES string of the molecule is CC(C)OC(C)N(C)C. The van der Waals surface area contributed by atoms with Crippen molar-refractivity contribution >= 4 is 0 Å². The molecular weight excluding hydrogens is 114 g/mol. The molecule has 0 aliphatic carbocycles. The minimum atomic E-state index is 0.227. The maximum Gasteiger partial charge on any atom is 0.107 e. The average molecular weight is 131 g/mol. The zero-order chi connectivity index (χ0) is 7.44. The first-order chi connectivity index (χ1) is 4.04. The molecule has 0 amide bonds. The van der Waals surface area contributed by atoms with E-state index in [1.807, 2.05) is 39.8 Å². The molecule has 1 unspecified atom stereocenters. The Kier molecular flexibility index (Phi) is 3.82. The zero-order valence-electron chi connectivity index (χ0n) is 7.01. The molecule has 0 aliphatic heterocycles. The summed E-state index contributed by atoms with van der Waals surface area (Å²) in [7, 11) is 4.01. The molecule has 0 fully saturated rings. The summed E-state index contributed by atoms with van der Waals surface area (Å²) in [6, 6.07) is 0. The molecular formula is C7H17NO. The minimum absolute atomic E-state index is 0.227. The molecule has 0 heterocycles. The van der Waals surface area contributed by atoms with Crippen molar-refractivity contribution in [3.8, 4) is 0 Å². The van der Waals surface area contributed by atoms with Crippen molar-refractivity contribution in [1.82, 2.24) is 4.90 Å². The fourth-order valence-corrected chi connectivity index (χ4v) is 0.516. The van der Waals surface area contributed by atoms with Crippen molar-refractivity contribution < 1.29 is 4.74 Å². The molecule has 56 valence electrons. The van der Waals surface area contributed by atoms with Gasteiger partial charge in [-0.1, -0.05) is 0 Å². The topological polar surface area (TPSA) is 12.5 Å². The van der Waals surface area contributed by atoms with Crippen LogP contribution in [0.25, 0.3) is 0 Å². The van der Waals surface area contributed by atoms with Crippen LogP contribution in [0, 0.1) is 0 Å². The van der Waals surface area contributed by atoms with Crippen LogP contribution in [0.3, 0.4) is 0 Å². The summed E-state index contributed by atoms with van der Waals surface area (Å²) in [5, 5.41) is 0. The van der Waals surface area contributed by atoms with E-state index in [2.05, 4.69) is 0 Å². The summed E-state index contributed by atoms with van der Waals surface area (Å²) in [5.74, 6) is 0. The summed E-state index contributed by atoms with van der Waals surface area (Å²) in [6.07, 6.45) is 0.549. The molecule has 0 aliphatic rings. The quantitative estimate of drug-likeness (QED) is 0.536. The van der Waals surface area contributed by atoms with E-state index in [1.54, 1.807) is 0 Å². The summed E-state index contributed by atoms with van der Waals surface area (Å²) in [6.45, 7) is 6.12. The molecule has 9 heavy (non-hydrogen) atoms. The summed E-state index contributed by atoms with van der Waals surface area (Å²) in [5.41, 5.74) is 0. The van der Waals surface area contributed by atoms with Gasteiger partial charge in [-0.25, -0.2) is 0 Å². The first-order valence-electron chi connectivity index (χ1n) is 3.36. The van der Waals surface area contributed by atoms with Gasteiger partial charge in [0.1, 0.15) is 6.23 Å². The van der Waals surface area contributed by atoms with Gasteiger partial charge in [-0.2, -0.15) is 0 Å². The molecule has 0 aromatic rings. The second-order valence-corrected chi connectivity index (χ2v) is 2.75. The molecule has 0 saturated heterocycles. The number of rotatable bonds is 3. The van der Waals surface area contributed by atoms with Crippen LogP contribution in [-0.4, -0.2) is 31.3 Å². The first-order valence-corrected chi connectivity index (χ1v) is 3.36. The molecule has 2 heteroatoms. The summed E-state index contributed by atoms with van der Waals surface area (Å²) < 4.78 is 5.44. The molecule has 0 spiro atoms. The fourth-order valence-electron chi connectivity index (χ4n) is 0.516. The predicted molar refractivity (Wildman–Crippen MR) is 39.4 cm³/mol. The zero-order valence-corrected chi connectivity index (χ0v) is 7.01. The van der Waals surface area contributed by atoms with Gasteiger partial charge in [-0.05, 0) is 34.9 Å². The van der Waals surface area contributed by atoms with E-state index in [-0.39, 0.29) is 6.23 Å². The Morgan fingerprint density at radius 1 is 1.11 bits per heavy atom. The van der Waals surface area contributed by atoms with Crippen molar-refractivity contribution in [2.45, 2.75) is 33.1 Å². The van der Waals surface area contributed by atoms with Gasteiger partial charge in [0.25, 0.3) is 0 Å². The van der Waals surface area contributed by atoms with Crippen LogP contribution in [0.5, 0.6) is 0 Å². The maximum atomic E-state index is 5.44. The van der Waals surface area contributed by atoms with Crippen LogP contribution in [0.4, 0.5) is 0 Å². The number of ether oxygens (including phenoxy) is 1. The van der Waals surface area contributed by atoms with Crippen molar-refractivity contribution in [1.29, 1.82) is 0 Å². The molecule has 0 rings (SSSR count). The Balaban J connectivity index is 3.38. The van der Waals surface area contributed by atoms with Crippen LogP contribution >= 0.6 is 0 Å². The Labute approximate surface area is 57.8 Å². The van der Waals surface area contributed by atoms with Gasteiger partial charge < -0.3 is 4.74 Å². The highest BCUT2D eigenvalue weighted by Gasteiger charge is 2.04. The Morgan fingerprint density at radius 2 is 1.56 bits per heavy atom. The Bertz CT molecular complexity index is 71.3. The molecule has 0 N–H and O–H groups in total. The fraction of sp³-hybridized carbons (Fsp3) is 1.00. The van der Waals surface area contributed by atoms with E-state index in [4.69, 9.17) is 4.74 Å². The molecule has 0 saturated carbocycles. The second kappa shape index (κ2) is 3.85. The lowest BCUT2D eigenvalue weighted by molar-refractivity contribution is -0.0560. The van der Waals surface area contributed by atoms with Crippen LogP contribution < -0.4 is 0 Å². The molecule has 0 bridgehead atoms. The smallest absolute Gasteiger partial charge is 0.107 e. The van der Waals surface area contributed by atoms with Crippen molar-refractivity contribution in [2.75, 3.05) is 14.1 Å². The third kappa shape index (κ3) is 4.43. The van der Waals surface area contributed by atoms with Gasteiger partial charge in [0.2, 0.25) is 0 Å². The van der Waals surface area contributed by atoms with Crippen LogP contribution in [0.15, 0.2) is 0 Å². The van der Waals surface area contributed by atoms with Gasteiger partial charge in [0.15, 0.2) is 0 Å². The predicted octanol–water partition coefficient (Wildman–Crippen LogP) is 1.32. The van der Waals surface area contributed by atoms with Gasteiger partial charge in [-0.15, -0.1) is 0 Å². The first kappa shape index (κ1) is 8.92. The van der Waals surface area contributed by atoms with Crippen molar-refractivity contribution in [3.05, 3.63) is 0 Å². The normalized spacial score (nSPS) is 15.0. The van der Waals surface area contributed by atoms with Gasteiger partial charge in [-0.3, -0.25) is 4.90 Å². The molecule has 2 nitrogen and oxygen atoms in total. The third-order valence-electron chi connectivity index (χ3n) is 1.20. The second-order valence-electron chi connectivity index (χ2n) is 2.75. The molecule has 0 aromatic heterocycles. The van der Waals surface area contributed by atoms with E-state index in [0.717, 1.165) is 0 Å². The van der Waals surface area contributed by atoms with Crippen LogP contribution in [0.2, 0.25) is 0 Å². The minimum Gasteiger partial charge on any atom is -0.361 e. The van der Waals surface area contributed by atoms with Crippen molar-refractivity contribution in [2.24, 2.45) is 0 Å². The molecule has 0 radical (unpaired) electrons.